The molecule has 2 aromatic rings. The number of nitrogens with zero attached hydrogens (tertiary/aromatic N) is 2. The lowest BCUT2D eigenvalue weighted by atomic mass is 10.1. The van der Waals surface area contributed by atoms with Crippen molar-refractivity contribution in [3.8, 4) is 0 Å². The molecule has 0 aliphatic carbocycles. The van der Waals surface area contributed by atoms with Gasteiger partial charge in [0.25, 0.3) is 5.91 Å². The molecule has 2 rings (SSSR count). The highest BCUT2D eigenvalue weighted by molar-refractivity contribution is 5.94. The molecule has 21 heavy (non-hydrogen) atoms. The molecule has 1 N–H and O–H groups in total. The summed E-state index contributed by atoms with van der Waals surface area (Å²) < 4.78 is 18.7. The van der Waals surface area contributed by atoms with Crippen LogP contribution in [0.2, 0.25) is 0 Å². The number of hydrogen-bond donors (Lipinski definition) is 1. The van der Waals surface area contributed by atoms with Crippen LogP contribution in [0, 0.1) is 5.82 Å². The molecule has 1 amide bonds. The van der Waals surface area contributed by atoms with Crippen molar-refractivity contribution in [3.63, 3.8) is 0 Å². The van der Waals surface area contributed by atoms with E-state index < -0.39 is 5.82 Å². The first kappa shape index (κ1) is 15.1. The summed E-state index contributed by atoms with van der Waals surface area (Å²) in [7, 11) is 1.49. The average Bonchev–Trinajstić information content (AvgIpc) is 2.50. The van der Waals surface area contributed by atoms with Gasteiger partial charge in [0, 0.05) is 30.6 Å². The smallest absolute Gasteiger partial charge is 0.251 e. The number of aromatic nitrogens is 2. The van der Waals surface area contributed by atoms with Crippen molar-refractivity contribution in [3.05, 3.63) is 59.4 Å². The Kier molecular flexibility index (Phi) is 4.94. The maximum Gasteiger partial charge on any atom is 0.251 e. The number of halogens is 1. The van der Waals surface area contributed by atoms with Crippen LogP contribution >= 0.6 is 0 Å². The van der Waals surface area contributed by atoms with Gasteiger partial charge in [-0.3, -0.25) is 14.8 Å². The third-order valence-corrected chi connectivity index (χ3v) is 2.99. The van der Waals surface area contributed by atoms with E-state index in [1.807, 2.05) is 0 Å². The number of amides is 1. The molecule has 1 aromatic carbocycles. The summed E-state index contributed by atoms with van der Waals surface area (Å²) in [5.74, 6) is -0.826. The number of rotatable bonds is 5. The largest absolute Gasteiger partial charge is 0.380 e. The van der Waals surface area contributed by atoms with Gasteiger partial charge in [-0.2, -0.15) is 0 Å². The van der Waals surface area contributed by atoms with Gasteiger partial charge in [0.05, 0.1) is 24.5 Å². The van der Waals surface area contributed by atoms with Crippen LogP contribution in [-0.4, -0.2) is 23.0 Å². The number of carbonyl (C=O) groups is 1. The van der Waals surface area contributed by atoms with E-state index in [0.29, 0.717) is 11.3 Å². The summed E-state index contributed by atoms with van der Waals surface area (Å²) in [6, 6.07) is 4.00. The molecule has 0 radical (unpaired) electrons. The van der Waals surface area contributed by atoms with E-state index in [1.54, 1.807) is 37.6 Å². The molecular weight excluding hydrogens is 273 g/mol. The normalized spacial score (nSPS) is 12.0. The lowest BCUT2D eigenvalue weighted by Gasteiger charge is -2.13. The van der Waals surface area contributed by atoms with Gasteiger partial charge in [0.15, 0.2) is 0 Å². The Balaban J connectivity index is 2.08. The summed E-state index contributed by atoms with van der Waals surface area (Å²) in [6.07, 6.45) is 4.69. The third-order valence-electron chi connectivity index (χ3n) is 2.99. The van der Waals surface area contributed by atoms with Crippen molar-refractivity contribution in [1.82, 2.24) is 15.3 Å². The molecule has 0 saturated heterocycles. The number of hydrogen-bond acceptors (Lipinski definition) is 4. The van der Waals surface area contributed by atoms with E-state index >= 15 is 0 Å². The van der Waals surface area contributed by atoms with Crippen LogP contribution in [0.4, 0.5) is 4.39 Å². The SMILES string of the molecule is COCc1ccc(C(=O)NC(C)c2cnccn2)cc1F. The van der Waals surface area contributed by atoms with Gasteiger partial charge in [-0.15, -0.1) is 0 Å². The molecule has 110 valence electrons. The van der Waals surface area contributed by atoms with E-state index in [1.165, 1.54) is 13.2 Å². The fourth-order valence-corrected chi connectivity index (χ4v) is 1.85. The summed E-state index contributed by atoms with van der Waals surface area (Å²) in [5.41, 5.74) is 1.31. The minimum Gasteiger partial charge on any atom is -0.380 e. The Labute approximate surface area is 122 Å². The van der Waals surface area contributed by atoms with Crippen molar-refractivity contribution in [1.29, 1.82) is 0 Å². The zero-order valence-corrected chi connectivity index (χ0v) is 11.8. The van der Waals surface area contributed by atoms with Gasteiger partial charge in [0.1, 0.15) is 5.82 Å². The van der Waals surface area contributed by atoms with Gasteiger partial charge in [-0.1, -0.05) is 6.07 Å². The topological polar surface area (TPSA) is 64.1 Å². The number of carbonyl (C=O) groups excluding carboxylic acids is 1. The van der Waals surface area contributed by atoms with E-state index in [9.17, 15) is 9.18 Å². The van der Waals surface area contributed by atoms with E-state index in [2.05, 4.69) is 15.3 Å². The van der Waals surface area contributed by atoms with Crippen molar-refractivity contribution < 1.29 is 13.9 Å². The molecule has 0 saturated carbocycles. The Hall–Kier alpha value is -2.34. The van der Waals surface area contributed by atoms with E-state index in [4.69, 9.17) is 4.74 Å². The van der Waals surface area contributed by atoms with Crippen LogP contribution in [0.3, 0.4) is 0 Å². The zero-order chi connectivity index (χ0) is 15.2. The zero-order valence-electron chi connectivity index (χ0n) is 11.8. The van der Waals surface area contributed by atoms with Gasteiger partial charge in [0.2, 0.25) is 0 Å². The predicted octanol–water partition coefficient (Wildman–Crippen LogP) is 2.25. The first-order valence-electron chi connectivity index (χ1n) is 6.46. The molecule has 1 aromatic heterocycles. The molecule has 0 aliphatic heterocycles. The second kappa shape index (κ2) is 6.90. The van der Waals surface area contributed by atoms with Crippen LogP contribution in [0.5, 0.6) is 0 Å². The Morgan fingerprint density at radius 2 is 2.24 bits per heavy atom. The van der Waals surface area contributed by atoms with Crippen molar-refractivity contribution in [2.24, 2.45) is 0 Å². The predicted molar refractivity (Wildman–Crippen MR) is 75.0 cm³/mol. The van der Waals surface area contributed by atoms with Crippen LogP contribution in [0.1, 0.15) is 34.6 Å². The molecule has 1 unspecified atom stereocenters. The first-order chi connectivity index (χ1) is 10.1. The Morgan fingerprint density at radius 1 is 1.43 bits per heavy atom. The highest BCUT2D eigenvalue weighted by Crippen LogP contribution is 2.13. The van der Waals surface area contributed by atoms with Crippen LogP contribution in [-0.2, 0) is 11.3 Å². The Bertz CT molecular complexity index is 620. The molecular formula is C15H16FN3O2. The summed E-state index contributed by atoms with van der Waals surface area (Å²) in [5, 5.41) is 2.75. The summed E-state index contributed by atoms with van der Waals surface area (Å²) >= 11 is 0. The molecule has 0 spiro atoms. The van der Waals surface area contributed by atoms with Gasteiger partial charge in [-0.05, 0) is 19.1 Å². The number of ether oxygens (including phenoxy) is 1. The van der Waals surface area contributed by atoms with Gasteiger partial charge >= 0.3 is 0 Å². The maximum atomic E-state index is 13.8. The maximum absolute atomic E-state index is 13.8. The fourth-order valence-electron chi connectivity index (χ4n) is 1.85. The molecule has 0 aliphatic rings. The van der Waals surface area contributed by atoms with Crippen molar-refractivity contribution in [2.75, 3.05) is 7.11 Å². The Morgan fingerprint density at radius 3 is 2.86 bits per heavy atom. The minimum atomic E-state index is -0.461. The quantitative estimate of drug-likeness (QED) is 0.917. The standard InChI is InChI=1S/C15H16FN3O2/c1-10(14-8-17-5-6-18-14)19-15(20)11-3-4-12(9-21-2)13(16)7-11/h3-8,10H,9H2,1-2H3,(H,19,20). The number of methoxy groups -OCH3 is 1. The second-order valence-corrected chi connectivity index (χ2v) is 4.56. The number of benzene rings is 1. The lowest BCUT2D eigenvalue weighted by molar-refractivity contribution is 0.0938. The lowest BCUT2D eigenvalue weighted by Crippen LogP contribution is -2.27. The highest BCUT2D eigenvalue weighted by atomic mass is 19.1. The average molecular weight is 289 g/mol. The first-order valence-corrected chi connectivity index (χ1v) is 6.46. The van der Waals surface area contributed by atoms with Crippen LogP contribution in [0.15, 0.2) is 36.8 Å². The molecule has 5 nitrogen and oxygen atoms in total. The van der Waals surface area contributed by atoms with E-state index in [0.717, 1.165) is 0 Å². The molecule has 0 bridgehead atoms. The third kappa shape index (κ3) is 3.82. The highest BCUT2D eigenvalue weighted by Gasteiger charge is 2.14. The van der Waals surface area contributed by atoms with Crippen molar-refractivity contribution in [2.45, 2.75) is 19.6 Å². The molecule has 1 heterocycles. The summed E-state index contributed by atoms with van der Waals surface area (Å²) in [6.45, 7) is 1.96. The second-order valence-electron chi connectivity index (χ2n) is 4.56. The van der Waals surface area contributed by atoms with Gasteiger partial charge in [-0.25, -0.2) is 4.39 Å². The van der Waals surface area contributed by atoms with Gasteiger partial charge < -0.3 is 10.1 Å². The van der Waals surface area contributed by atoms with Crippen molar-refractivity contribution >= 4 is 5.91 Å². The fraction of sp³-hybridized carbons (Fsp3) is 0.267. The van der Waals surface area contributed by atoms with Crippen LogP contribution in [0.25, 0.3) is 0 Å². The monoisotopic (exact) mass is 289 g/mol. The van der Waals surface area contributed by atoms with Crippen LogP contribution < -0.4 is 5.32 Å². The number of nitrogens with one attached hydrogen (secondary N) is 1. The van der Waals surface area contributed by atoms with E-state index in [-0.39, 0.29) is 24.1 Å². The molecule has 6 heteroatoms. The molecule has 0 fully saturated rings. The summed E-state index contributed by atoms with van der Waals surface area (Å²) in [4.78, 5) is 20.2. The molecule has 1 atom stereocenters. The minimum absolute atomic E-state index is 0.170.